The minimum atomic E-state index is -1.80. The van der Waals surface area contributed by atoms with Crippen molar-refractivity contribution in [3.63, 3.8) is 0 Å². The van der Waals surface area contributed by atoms with E-state index in [0.717, 1.165) is 10.8 Å². The van der Waals surface area contributed by atoms with E-state index in [2.05, 4.69) is 0 Å². The van der Waals surface area contributed by atoms with Crippen molar-refractivity contribution in [2.75, 3.05) is 13.2 Å². The summed E-state index contributed by atoms with van der Waals surface area (Å²) < 4.78 is 10.7. The molecule has 0 aliphatic carbocycles. The summed E-state index contributed by atoms with van der Waals surface area (Å²) in [6.07, 6.45) is -2.81. The molecule has 0 aromatic carbocycles. The Labute approximate surface area is 95.2 Å². The van der Waals surface area contributed by atoms with E-state index in [1.807, 2.05) is 0 Å². The molecule has 96 valence electrons. The van der Waals surface area contributed by atoms with Crippen molar-refractivity contribution in [3.05, 3.63) is 22.7 Å². The maximum atomic E-state index is 10.9. The number of aliphatic hydroxyl groups is 4. The zero-order chi connectivity index (χ0) is 12.6. The van der Waals surface area contributed by atoms with Crippen LogP contribution in [-0.4, -0.2) is 56.7 Å². The molecule has 8 heteroatoms. The van der Waals surface area contributed by atoms with Crippen molar-refractivity contribution in [1.29, 1.82) is 0 Å². The van der Waals surface area contributed by atoms with Gasteiger partial charge in [0.25, 0.3) is 0 Å². The number of aromatic nitrogens is 1. The highest BCUT2D eigenvalue weighted by atomic mass is 16.6. The first-order valence-corrected chi connectivity index (χ1v) is 5.00. The Morgan fingerprint density at radius 1 is 1.41 bits per heavy atom. The predicted molar refractivity (Wildman–Crippen MR) is 52.0 cm³/mol. The van der Waals surface area contributed by atoms with Gasteiger partial charge < -0.3 is 29.7 Å². The Balaban J connectivity index is 2.42. The minimum Gasteiger partial charge on any atom is -0.394 e. The Hall–Kier alpha value is -1.19. The maximum absolute atomic E-state index is 10.9. The number of aliphatic hydroxyl groups excluding tert-OH is 4. The van der Waals surface area contributed by atoms with Crippen molar-refractivity contribution >= 4 is 0 Å². The summed E-state index contributed by atoms with van der Waals surface area (Å²) in [4.78, 5) is 10.9. The van der Waals surface area contributed by atoms with Crippen LogP contribution in [0, 0.1) is 0 Å². The second-order valence-corrected chi connectivity index (χ2v) is 3.83. The molecule has 0 bridgehead atoms. The molecule has 0 amide bonds. The fraction of sp³-hybridized carbons (Fsp3) is 0.667. The average Bonchev–Trinajstić information content (AvgIpc) is 2.85. The van der Waals surface area contributed by atoms with Gasteiger partial charge in [0, 0.05) is 12.3 Å². The smallest absolute Gasteiger partial charge is 0.357 e. The second kappa shape index (κ2) is 4.24. The van der Waals surface area contributed by atoms with E-state index in [-0.39, 0.29) is 0 Å². The molecule has 1 aromatic rings. The standard InChI is InChI=1S/C9H13NO7/c11-3-5-7(14)8(15)9(4-12,16-5)10-2-1-6(13)17-10/h1-2,5,7-8,11-12,14-15H,3-4H2/t5-,7-,8+,9+/m1/s1. The van der Waals surface area contributed by atoms with Gasteiger partial charge in [0.05, 0.1) is 13.2 Å². The van der Waals surface area contributed by atoms with Crippen LogP contribution in [0.2, 0.25) is 0 Å². The molecular weight excluding hydrogens is 234 g/mol. The molecular formula is C9H13NO7. The zero-order valence-corrected chi connectivity index (χ0v) is 8.76. The third-order valence-corrected chi connectivity index (χ3v) is 2.84. The highest BCUT2D eigenvalue weighted by Gasteiger charge is 2.56. The quantitative estimate of drug-likeness (QED) is 0.454. The van der Waals surface area contributed by atoms with Crippen molar-refractivity contribution in [3.8, 4) is 0 Å². The van der Waals surface area contributed by atoms with E-state index < -0.39 is 42.9 Å². The SMILES string of the molecule is O=c1ccn([C@@]2(CO)O[C@H](CO)[C@@H](O)[C@@H]2O)o1. The summed E-state index contributed by atoms with van der Waals surface area (Å²) in [5.74, 6) is 0. The van der Waals surface area contributed by atoms with Crippen molar-refractivity contribution in [1.82, 2.24) is 4.74 Å². The van der Waals surface area contributed by atoms with Crippen LogP contribution >= 0.6 is 0 Å². The first-order valence-electron chi connectivity index (χ1n) is 5.00. The van der Waals surface area contributed by atoms with E-state index in [4.69, 9.17) is 14.4 Å². The largest absolute Gasteiger partial charge is 0.394 e. The Kier molecular flexibility index (Phi) is 3.06. The molecule has 1 aliphatic heterocycles. The number of nitrogens with zero attached hydrogens (tertiary/aromatic N) is 1. The molecule has 2 rings (SSSR count). The third kappa shape index (κ3) is 1.70. The molecule has 4 atom stereocenters. The Morgan fingerprint density at radius 2 is 2.12 bits per heavy atom. The van der Waals surface area contributed by atoms with Gasteiger partial charge in [-0.15, -0.1) is 0 Å². The average molecular weight is 247 g/mol. The van der Waals surface area contributed by atoms with Crippen LogP contribution in [0.25, 0.3) is 0 Å². The normalized spacial score (nSPS) is 37.5. The molecule has 8 nitrogen and oxygen atoms in total. The molecule has 2 heterocycles. The monoisotopic (exact) mass is 247 g/mol. The van der Waals surface area contributed by atoms with Crippen molar-refractivity contribution in [2.24, 2.45) is 0 Å². The van der Waals surface area contributed by atoms with E-state index in [1.165, 1.54) is 6.20 Å². The van der Waals surface area contributed by atoms with E-state index in [0.29, 0.717) is 0 Å². The van der Waals surface area contributed by atoms with E-state index in [9.17, 15) is 20.1 Å². The molecule has 1 aliphatic rings. The molecule has 0 saturated carbocycles. The van der Waals surface area contributed by atoms with Crippen molar-refractivity contribution < 1.29 is 29.7 Å². The Morgan fingerprint density at radius 3 is 2.53 bits per heavy atom. The lowest BCUT2D eigenvalue weighted by Crippen LogP contribution is -2.48. The Bertz CT molecular complexity index is 441. The number of rotatable bonds is 3. The molecule has 1 saturated heterocycles. The summed E-state index contributed by atoms with van der Waals surface area (Å²) in [5, 5.41) is 37.7. The van der Waals surface area contributed by atoms with Gasteiger partial charge in [-0.1, -0.05) is 0 Å². The molecule has 1 aromatic heterocycles. The van der Waals surface area contributed by atoms with Gasteiger partial charge in [0.2, 0.25) is 5.72 Å². The molecule has 0 spiro atoms. The lowest BCUT2D eigenvalue weighted by molar-refractivity contribution is -0.203. The van der Waals surface area contributed by atoms with E-state index in [1.54, 1.807) is 0 Å². The highest BCUT2D eigenvalue weighted by Crippen LogP contribution is 2.34. The predicted octanol–water partition coefficient (Wildman–Crippen LogP) is -2.80. The highest BCUT2D eigenvalue weighted by molar-refractivity contribution is 4.98. The summed E-state index contributed by atoms with van der Waals surface area (Å²) in [6, 6.07) is 1.08. The zero-order valence-electron chi connectivity index (χ0n) is 8.76. The van der Waals surface area contributed by atoms with Crippen LogP contribution in [0.5, 0.6) is 0 Å². The van der Waals surface area contributed by atoms with Crippen LogP contribution in [0.15, 0.2) is 21.6 Å². The number of hydrogen-bond acceptors (Lipinski definition) is 7. The van der Waals surface area contributed by atoms with Gasteiger partial charge in [0.1, 0.15) is 18.3 Å². The molecule has 17 heavy (non-hydrogen) atoms. The fourth-order valence-corrected chi connectivity index (χ4v) is 1.89. The summed E-state index contributed by atoms with van der Waals surface area (Å²) in [7, 11) is 0. The van der Waals surface area contributed by atoms with Crippen LogP contribution < -0.4 is 5.63 Å². The fourth-order valence-electron chi connectivity index (χ4n) is 1.89. The van der Waals surface area contributed by atoms with Gasteiger partial charge in [-0.05, 0) is 0 Å². The number of hydrogen-bond donors (Lipinski definition) is 4. The first-order chi connectivity index (χ1) is 8.05. The first kappa shape index (κ1) is 12.3. The molecule has 4 N–H and O–H groups in total. The third-order valence-electron chi connectivity index (χ3n) is 2.84. The van der Waals surface area contributed by atoms with Gasteiger partial charge in [-0.2, -0.15) is 4.74 Å². The van der Waals surface area contributed by atoms with Crippen LogP contribution in [-0.2, 0) is 10.5 Å². The van der Waals surface area contributed by atoms with E-state index >= 15 is 0 Å². The lowest BCUT2D eigenvalue weighted by atomic mass is 10.0. The molecule has 1 fully saturated rings. The number of ether oxygens (including phenoxy) is 1. The van der Waals surface area contributed by atoms with Crippen LogP contribution in [0.4, 0.5) is 0 Å². The van der Waals surface area contributed by atoms with Crippen molar-refractivity contribution in [2.45, 2.75) is 24.0 Å². The minimum absolute atomic E-state index is 0.536. The summed E-state index contributed by atoms with van der Waals surface area (Å²) in [6.45, 7) is -1.26. The lowest BCUT2D eigenvalue weighted by Gasteiger charge is -2.29. The molecule has 0 unspecified atom stereocenters. The summed E-state index contributed by atoms with van der Waals surface area (Å²) >= 11 is 0. The second-order valence-electron chi connectivity index (χ2n) is 3.83. The summed E-state index contributed by atoms with van der Waals surface area (Å²) in [5.41, 5.74) is -2.48. The van der Waals surface area contributed by atoms with Gasteiger partial charge in [-0.3, -0.25) is 0 Å². The van der Waals surface area contributed by atoms with Crippen LogP contribution in [0.3, 0.4) is 0 Å². The maximum Gasteiger partial charge on any atom is 0.357 e. The topological polar surface area (TPSA) is 125 Å². The van der Waals surface area contributed by atoms with Crippen LogP contribution in [0.1, 0.15) is 0 Å². The van der Waals surface area contributed by atoms with Gasteiger partial charge in [-0.25, -0.2) is 4.79 Å². The molecule has 0 radical (unpaired) electrons. The van der Waals surface area contributed by atoms with Gasteiger partial charge >= 0.3 is 5.63 Å². The van der Waals surface area contributed by atoms with Gasteiger partial charge in [0.15, 0.2) is 0 Å².